The van der Waals surface area contributed by atoms with E-state index < -0.39 is 11.6 Å². The summed E-state index contributed by atoms with van der Waals surface area (Å²) in [7, 11) is 0. The highest BCUT2D eigenvalue weighted by atomic mass is 35.5. The predicted octanol–water partition coefficient (Wildman–Crippen LogP) is 7.40. The van der Waals surface area contributed by atoms with Crippen molar-refractivity contribution in [2.45, 2.75) is 13.0 Å². The Morgan fingerprint density at radius 3 is 1.77 bits per heavy atom. The normalized spacial score (nSPS) is 15.5. The van der Waals surface area contributed by atoms with Crippen molar-refractivity contribution in [3.63, 3.8) is 0 Å². The van der Waals surface area contributed by atoms with Crippen LogP contribution in [0, 0.1) is 17.6 Å². The third-order valence-electron chi connectivity index (χ3n) is 5.59. The molecule has 0 radical (unpaired) electrons. The smallest absolute Gasteiger partial charge is 0.126 e. The first-order chi connectivity index (χ1) is 14.4. The summed E-state index contributed by atoms with van der Waals surface area (Å²) in [5, 5.41) is 1.39. The van der Waals surface area contributed by atoms with Gasteiger partial charge in [0.1, 0.15) is 11.6 Å². The maximum Gasteiger partial charge on any atom is 0.126 e. The number of hydrogen-bond acceptors (Lipinski definition) is 1. The van der Waals surface area contributed by atoms with Crippen molar-refractivity contribution in [1.29, 1.82) is 0 Å². The molecule has 3 aromatic rings. The number of allylic oxidation sites excluding steroid dienone is 1. The van der Waals surface area contributed by atoms with Gasteiger partial charge in [0.05, 0.1) is 6.04 Å². The summed E-state index contributed by atoms with van der Waals surface area (Å²) in [6, 6.07) is 19.5. The van der Waals surface area contributed by atoms with Crippen LogP contribution in [0.4, 0.5) is 8.78 Å². The number of halogens is 4. The Hall–Kier alpha value is -2.20. The molecule has 1 saturated heterocycles. The molecule has 0 unspecified atom stereocenters. The molecular formula is C25H21Cl2F2N. The van der Waals surface area contributed by atoms with Crippen LogP contribution in [0.2, 0.25) is 10.0 Å². The van der Waals surface area contributed by atoms with Crippen molar-refractivity contribution in [2.24, 2.45) is 5.92 Å². The monoisotopic (exact) mass is 443 g/mol. The number of likely N-dealkylation sites (tertiary alicyclic amines) is 1. The topological polar surface area (TPSA) is 3.24 Å². The quantitative estimate of drug-likeness (QED) is 0.397. The molecule has 0 N–H and O–H groups in total. The second-order valence-electron chi connectivity index (χ2n) is 7.56. The SMILES string of the molecule is C/C=C(/c1cc(F)cc(F)c1)C1CN(C(c2ccc(Cl)cc2)c2ccc(Cl)cc2)C1. The Balaban J connectivity index is 1.59. The average Bonchev–Trinajstić information content (AvgIpc) is 2.68. The maximum atomic E-state index is 13.7. The van der Waals surface area contributed by atoms with E-state index in [-0.39, 0.29) is 12.0 Å². The minimum atomic E-state index is -0.555. The molecule has 0 aliphatic carbocycles. The zero-order chi connectivity index (χ0) is 21.3. The van der Waals surface area contributed by atoms with Gasteiger partial charge in [0.15, 0.2) is 0 Å². The van der Waals surface area contributed by atoms with Gasteiger partial charge in [0.2, 0.25) is 0 Å². The molecule has 0 amide bonds. The van der Waals surface area contributed by atoms with Crippen molar-refractivity contribution in [2.75, 3.05) is 13.1 Å². The van der Waals surface area contributed by atoms with E-state index >= 15 is 0 Å². The fourth-order valence-corrected chi connectivity index (χ4v) is 4.43. The van der Waals surface area contributed by atoms with Gasteiger partial charge in [-0.05, 0) is 65.6 Å². The summed E-state index contributed by atoms with van der Waals surface area (Å²) in [6.45, 7) is 3.48. The molecular weight excluding hydrogens is 423 g/mol. The van der Waals surface area contributed by atoms with E-state index in [2.05, 4.69) is 4.90 Å². The summed E-state index contributed by atoms with van der Waals surface area (Å²) < 4.78 is 27.4. The lowest BCUT2D eigenvalue weighted by molar-refractivity contribution is 0.100. The Morgan fingerprint density at radius 2 is 1.33 bits per heavy atom. The van der Waals surface area contributed by atoms with E-state index in [9.17, 15) is 8.78 Å². The number of hydrogen-bond donors (Lipinski definition) is 0. The standard InChI is InChI=1S/C25H21Cl2F2N/c1-2-24(18-11-22(28)13-23(29)12-18)19-14-30(15-19)25(16-3-7-20(26)8-4-16)17-5-9-21(27)10-6-17/h2-13,19,25H,14-15H2,1H3/b24-2-. The zero-order valence-corrected chi connectivity index (χ0v) is 18.0. The van der Waals surface area contributed by atoms with Crippen molar-refractivity contribution in [1.82, 2.24) is 4.90 Å². The van der Waals surface area contributed by atoms with Gasteiger partial charge in [-0.2, -0.15) is 0 Å². The number of benzene rings is 3. The zero-order valence-electron chi connectivity index (χ0n) is 16.5. The predicted molar refractivity (Wildman–Crippen MR) is 120 cm³/mol. The van der Waals surface area contributed by atoms with Crippen LogP contribution in [0.5, 0.6) is 0 Å². The highest BCUT2D eigenvalue weighted by Crippen LogP contribution is 2.40. The molecule has 0 saturated carbocycles. The van der Waals surface area contributed by atoms with Gasteiger partial charge in [0.25, 0.3) is 0 Å². The fraction of sp³-hybridized carbons (Fsp3) is 0.200. The Kier molecular flexibility index (Phi) is 6.24. The Morgan fingerprint density at radius 1 is 0.867 bits per heavy atom. The lowest BCUT2D eigenvalue weighted by Gasteiger charge is -2.46. The molecule has 1 fully saturated rings. The van der Waals surface area contributed by atoms with Crippen molar-refractivity contribution in [3.8, 4) is 0 Å². The van der Waals surface area contributed by atoms with E-state index in [4.69, 9.17) is 23.2 Å². The van der Waals surface area contributed by atoms with Gasteiger partial charge in [-0.3, -0.25) is 4.90 Å². The van der Waals surface area contributed by atoms with Gasteiger partial charge < -0.3 is 0 Å². The van der Waals surface area contributed by atoms with Crippen LogP contribution in [-0.4, -0.2) is 18.0 Å². The molecule has 0 spiro atoms. The van der Waals surface area contributed by atoms with Crippen LogP contribution in [0.25, 0.3) is 5.57 Å². The van der Waals surface area contributed by atoms with Gasteiger partial charge >= 0.3 is 0 Å². The molecule has 154 valence electrons. The first-order valence-electron chi connectivity index (χ1n) is 9.82. The third kappa shape index (κ3) is 4.44. The summed E-state index contributed by atoms with van der Waals surface area (Å²) in [5.41, 5.74) is 3.85. The molecule has 4 rings (SSSR count). The Bertz CT molecular complexity index is 990. The van der Waals surface area contributed by atoms with Crippen molar-refractivity contribution >= 4 is 28.8 Å². The van der Waals surface area contributed by atoms with Crippen LogP contribution in [-0.2, 0) is 0 Å². The van der Waals surface area contributed by atoms with E-state index in [0.29, 0.717) is 15.6 Å². The molecule has 0 bridgehead atoms. The highest BCUT2D eigenvalue weighted by Gasteiger charge is 2.36. The molecule has 1 aliphatic rings. The third-order valence-corrected chi connectivity index (χ3v) is 6.10. The second-order valence-corrected chi connectivity index (χ2v) is 8.43. The van der Waals surface area contributed by atoms with Gasteiger partial charge in [-0.15, -0.1) is 0 Å². The number of rotatable bonds is 5. The minimum Gasteiger partial charge on any atom is -0.291 e. The van der Waals surface area contributed by atoms with Crippen molar-refractivity contribution < 1.29 is 8.78 Å². The molecule has 1 heterocycles. The van der Waals surface area contributed by atoms with Gasteiger partial charge in [-0.25, -0.2) is 8.78 Å². The van der Waals surface area contributed by atoms with Crippen molar-refractivity contribution in [3.05, 3.63) is 111 Å². The first kappa shape index (κ1) is 21.0. The number of nitrogens with zero attached hydrogens (tertiary/aromatic N) is 1. The fourth-order valence-electron chi connectivity index (χ4n) is 4.18. The molecule has 0 atom stereocenters. The van der Waals surface area contributed by atoms with E-state index in [0.717, 1.165) is 35.9 Å². The van der Waals surface area contributed by atoms with Crippen LogP contribution in [0.3, 0.4) is 0 Å². The average molecular weight is 444 g/mol. The van der Waals surface area contributed by atoms with Crippen LogP contribution >= 0.6 is 23.2 Å². The van der Waals surface area contributed by atoms with Crippen LogP contribution in [0.15, 0.2) is 72.8 Å². The second kappa shape index (κ2) is 8.89. The highest BCUT2D eigenvalue weighted by molar-refractivity contribution is 6.30. The van der Waals surface area contributed by atoms with Crippen LogP contribution in [0.1, 0.15) is 29.7 Å². The largest absolute Gasteiger partial charge is 0.291 e. The maximum absolute atomic E-state index is 13.7. The summed E-state index contributed by atoms with van der Waals surface area (Å²) >= 11 is 12.2. The summed E-state index contributed by atoms with van der Waals surface area (Å²) in [4.78, 5) is 2.36. The van der Waals surface area contributed by atoms with E-state index in [1.54, 1.807) is 0 Å². The summed E-state index contributed by atoms with van der Waals surface area (Å²) in [6.07, 6.45) is 1.95. The molecule has 1 aliphatic heterocycles. The summed E-state index contributed by atoms with van der Waals surface area (Å²) in [5.74, 6) is -0.903. The van der Waals surface area contributed by atoms with Gasteiger partial charge in [0, 0.05) is 35.1 Å². The first-order valence-corrected chi connectivity index (χ1v) is 10.6. The Labute approximate surface area is 185 Å². The molecule has 30 heavy (non-hydrogen) atoms. The van der Waals surface area contributed by atoms with E-state index in [1.165, 1.54) is 12.1 Å². The molecule has 0 aromatic heterocycles. The lowest BCUT2D eigenvalue weighted by atomic mass is 9.83. The minimum absolute atomic E-state index is 0.0538. The lowest BCUT2D eigenvalue weighted by Crippen LogP contribution is -2.49. The molecule has 5 heteroatoms. The van der Waals surface area contributed by atoms with E-state index in [1.807, 2.05) is 61.5 Å². The van der Waals surface area contributed by atoms with Crippen LogP contribution < -0.4 is 0 Å². The molecule has 3 aromatic carbocycles. The molecule has 1 nitrogen and oxygen atoms in total. The van der Waals surface area contributed by atoms with Gasteiger partial charge in [-0.1, -0.05) is 53.5 Å².